The van der Waals surface area contributed by atoms with Crippen molar-refractivity contribution in [2.75, 3.05) is 41.9 Å². The van der Waals surface area contributed by atoms with Crippen LogP contribution >= 0.6 is 0 Å². The van der Waals surface area contributed by atoms with Crippen molar-refractivity contribution < 1.29 is 22.3 Å². The third-order valence-electron chi connectivity index (χ3n) is 6.32. The second-order valence-electron chi connectivity index (χ2n) is 8.64. The molecule has 0 unspecified atom stereocenters. The fraction of sp³-hybridized carbons (Fsp3) is 0.269. The summed E-state index contributed by atoms with van der Waals surface area (Å²) in [6.45, 7) is 2.04. The van der Waals surface area contributed by atoms with Crippen LogP contribution in [0.3, 0.4) is 0 Å². The van der Waals surface area contributed by atoms with E-state index in [1.807, 2.05) is 6.07 Å². The number of halogens is 1. The van der Waals surface area contributed by atoms with E-state index in [9.17, 15) is 17.6 Å². The first-order valence-electron chi connectivity index (χ1n) is 11.5. The quantitative estimate of drug-likeness (QED) is 0.544. The zero-order valence-electron chi connectivity index (χ0n) is 19.1. The molecule has 0 bridgehead atoms. The highest BCUT2D eigenvalue weighted by Crippen LogP contribution is 2.36. The molecule has 7 nitrogen and oxygen atoms in total. The zero-order chi connectivity index (χ0) is 24.4. The van der Waals surface area contributed by atoms with Crippen LogP contribution in [-0.2, 0) is 20.6 Å². The number of benzene rings is 3. The van der Waals surface area contributed by atoms with E-state index in [1.54, 1.807) is 65.6 Å². The minimum atomic E-state index is -3.75. The van der Waals surface area contributed by atoms with Gasteiger partial charge in [-0.3, -0.25) is 9.10 Å². The van der Waals surface area contributed by atoms with Crippen LogP contribution in [0.4, 0.5) is 15.8 Å². The van der Waals surface area contributed by atoms with Crippen molar-refractivity contribution >= 4 is 27.3 Å². The number of hydrogen-bond donors (Lipinski definition) is 0. The third-order valence-corrected chi connectivity index (χ3v) is 8.04. The van der Waals surface area contributed by atoms with Crippen molar-refractivity contribution in [3.05, 3.63) is 90.2 Å². The molecule has 5 rings (SSSR count). The fourth-order valence-electron chi connectivity index (χ4n) is 4.50. The normalized spacial score (nSPS) is 18.1. The summed E-state index contributed by atoms with van der Waals surface area (Å²) >= 11 is 0. The van der Waals surface area contributed by atoms with Gasteiger partial charge in [0.05, 0.1) is 18.0 Å². The molecule has 2 heterocycles. The maximum Gasteiger partial charge on any atom is 0.265 e. The Morgan fingerprint density at radius 1 is 0.886 bits per heavy atom. The van der Waals surface area contributed by atoms with Crippen molar-refractivity contribution in [1.82, 2.24) is 4.90 Å². The first-order valence-corrected chi connectivity index (χ1v) is 13.1. The Morgan fingerprint density at radius 2 is 1.54 bits per heavy atom. The van der Waals surface area contributed by atoms with E-state index < -0.39 is 16.1 Å². The number of hydrogen-bond acceptors (Lipinski definition) is 5. The van der Waals surface area contributed by atoms with Crippen LogP contribution < -0.4 is 13.9 Å². The number of anilines is 2. The number of ether oxygens (including phenoxy) is 1. The minimum Gasteiger partial charge on any atom is -0.476 e. The van der Waals surface area contributed by atoms with Gasteiger partial charge >= 0.3 is 0 Å². The number of nitrogens with zero attached hydrogens (tertiary/aromatic N) is 3. The lowest BCUT2D eigenvalue weighted by molar-refractivity contribution is -0.138. The summed E-state index contributed by atoms with van der Waals surface area (Å²) in [6, 6.07) is 22.2. The van der Waals surface area contributed by atoms with E-state index in [2.05, 4.69) is 4.90 Å². The SMILES string of the molecule is O=C([C@H]1CN(S(=O)(=O)Cc2ccccc2)c2ccccc2O1)N1CCN(c2ccc(F)cc2)CC1. The average molecular weight is 496 g/mol. The van der Waals surface area contributed by atoms with Gasteiger partial charge in [0.25, 0.3) is 5.91 Å². The fourth-order valence-corrected chi connectivity index (χ4v) is 6.08. The Labute approximate surface area is 204 Å². The topological polar surface area (TPSA) is 70.2 Å². The van der Waals surface area contributed by atoms with Gasteiger partial charge in [0.2, 0.25) is 10.0 Å². The molecular weight excluding hydrogens is 469 g/mol. The lowest BCUT2D eigenvalue weighted by Gasteiger charge is -2.40. The van der Waals surface area contributed by atoms with Gasteiger partial charge in [0, 0.05) is 31.9 Å². The van der Waals surface area contributed by atoms with E-state index in [0.717, 1.165) is 5.69 Å². The van der Waals surface area contributed by atoms with E-state index >= 15 is 0 Å². The number of carbonyl (C=O) groups excluding carboxylic acids is 1. The van der Waals surface area contributed by atoms with Crippen LogP contribution in [0.2, 0.25) is 0 Å². The molecule has 1 amide bonds. The Hall–Kier alpha value is -3.59. The van der Waals surface area contributed by atoms with Crippen molar-refractivity contribution in [2.24, 2.45) is 0 Å². The van der Waals surface area contributed by atoms with Gasteiger partial charge in [-0.05, 0) is 42.0 Å². The number of piperazine rings is 1. The van der Waals surface area contributed by atoms with Gasteiger partial charge in [-0.25, -0.2) is 12.8 Å². The molecular formula is C26H26FN3O4S. The van der Waals surface area contributed by atoms with Crippen LogP contribution in [0.25, 0.3) is 0 Å². The summed E-state index contributed by atoms with van der Waals surface area (Å²) < 4.78 is 47.3. The summed E-state index contributed by atoms with van der Waals surface area (Å²) in [5, 5.41) is 0. The molecule has 0 aromatic heterocycles. The van der Waals surface area contributed by atoms with E-state index in [-0.39, 0.29) is 24.0 Å². The molecule has 1 fully saturated rings. The predicted octanol–water partition coefficient (Wildman–Crippen LogP) is 3.27. The van der Waals surface area contributed by atoms with E-state index in [4.69, 9.17) is 4.74 Å². The number of carbonyl (C=O) groups is 1. The molecule has 2 aliphatic rings. The summed E-state index contributed by atoms with van der Waals surface area (Å²) in [6.07, 6.45) is -0.937. The molecule has 0 N–H and O–H groups in total. The number of para-hydroxylation sites is 2. The molecule has 0 radical (unpaired) electrons. The molecule has 0 saturated carbocycles. The molecule has 9 heteroatoms. The predicted molar refractivity (Wildman–Crippen MR) is 132 cm³/mol. The summed E-state index contributed by atoms with van der Waals surface area (Å²) in [7, 11) is -3.75. The van der Waals surface area contributed by atoms with Gasteiger partial charge < -0.3 is 14.5 Å². The number of sulfonamides is 1. The van der Waals surface area contributed by atoms with Gasteiger partial charge in [-0.1, -0.05) is 42.5 Å². The monoisotopic (exact) mass is 495 g/mol. The molecule has 0 spiro atoms. The first-order chi connectivity index (χ1) is 16.9. The molecule has 0 aliphatic carbocycles. The maximum atomic E-state index is 13.4. The zero-order valence-corrected chi connectivity index (χ0v) is 19.9. The highest BCUT2D eigenvalue weighted by molar-refractivity contribution is 7.92. The third kappa shape index (κ3) is 4.95. The van der Waals surface area contributed by atoms with Crippen molar-refractivity contribution in [2.45, 2.75) is 11.9 Å². The van der Waals surface area contributed by atoms with Crippen molar-refractivity contribution in [3.8, 4) is 5.75 Å². The van der Waals surface area contributed by atoms with Crippen LogP contribution in [0.1, 0.15) is 5.56 Å². The minimum absolute atomic E-state index is 0.0802. The van der Waals surface area contributed by atoms with Gasteiger partial charge in [0.15, 0.2) is 6.10 Å². The molecule has 1 saturated heterocycles. The van der Waals surface area contributed by atoms with E-state index in [1.165, 1.54) is 16.4 Å². The smallest absolute Gasteiger partial charge is 0.265 e. The van der Waals surface area contributed by atoms with Crippen LogP contribution in [0.5, 0.6) is 5.75 Å². The lowest BCUT2D eigenvalue weighted by atomic mass is 10.2. The summed E-state index contributed by atoms with van der Waals surface area (Å²) in [5.74, 6) is -0.319. The second-order valence-corrected chi connectivity index (χ2v) is 10.5. The molecule has 3 aromatic rings. The number of amides is 1. The van der Waals surface area contributed by atoms with Crippen molar-refractivity contribution in [1.29, 1.82) is 0 Å². The summed E-state index contributed by atoms with van der Waals surface area (Å²) in [4.78, 5) is 17.2. The highest BCUT2D eigenvalue weighted by Gasteiger charge is 2.39. The first kappa shape index (κ1) is 23.2. The van der Waals surface area contributed by atoms with Crippen LogP contribution in [-0.4, -0.2) is 58.1 Å². The Kier molecular flexibility index (Phi) is 6.34. The lowest BCUT2D eigenvalue weighted by Crippen LogP contribution is -2.56. The van der Waals surface area contributed by atoms with Crippen molar-refractivity contribution in [3.63, 3.8) is 0 Å². The van der Waals surface area contributed by atoms with Crippen LogP contribution in [0.15, 0.2) is 78.9 Å². The largest absolute Gasteiger partial charge is 0.476 e. The molecule has 1 atom stereocenters. The Balaban J connectivity index is 1.31. The second kappa shape index (κ2) is 9.58. The van der Waals surface area contributed by atoms with E-state index in [0.29, 0.717) is 43.2 Å². The molecule has 35 heavy (non-hydrogen) atoms. The number of fused-ring (bicyclic) bond motifs is 1. The standard InChI is InChI=1S/C26H26FN3O4S/c27-21-10-12-22(13-11-21)28-14-16-29(17-15-28)26(31)25-18-30(23-8-4-5-9-24(23)34-25)35(32,33)19-20-6-2-1-3-7-20/h1-13,25H,14-19H2/t25-/m1/s1. The van der Waals surface area contributed by atoms with Gasteiger partial charge in [0.1, 0.15) is 11.6 Å². The highest BCUT2D eigenvalue weighted by atomic mass is 32.2. The maximum absolute atomic E-state index is 13.4. The molecule has 2 aliphatic heterocycles. The summed E-state index contributed by atoms with van der Waals surface area (Å²) in [5.41, 5.74) is 2.02. The average Bonchev–Trinajstić information content (AvgIpc) is 2.88. The Morgan fingerprint density at radius 3 is 2.26 bits per heavy atom. The van der Waals surface area contributed by atoms with Gasteiger partial charge in [-0.15, -0.1) is 0 Å². The Bertz CT molecular complexity index is 1290. The van der Waals surface area contributed by atoms with Crippen LogP contribution in [0, 0.1) is 5.82 Å². The van der Waals surface area contributed by atoms with Gasteiger partial charge in [-0.2, -0.15) is 0 Å². The number of rotatable bonds is 5. The molecule has 182 valence electrons. The molecule has 3 aromatic carbocycles.